The van der Waals surface area contributed by atoms with Gasteiger partial charge in [-0.2, -0.15) is 0 Å². The molecule has 0 aromatic heterocycles. The Bertz CT molecular complexity index is 402. The van der Waals surface area contributed by atoms with Crippen molar-refractivity contribution in [1.82, 2.24) is 0 Å². The van der Waals surface area contributed by atoms with Gasteiger partial charge in [-0.15, -0.1) is 11.8 Å². The van der Waals surface area contributed by atoms with Crippen LogP contribution >= 0.6 is 11.8 Å². The van der Waals surface area contributed by atoms with Gasteiger partial charge in [0.15, 0.2) is 0 Å². The van der Waals surface area contributed by atoms with E-state index in [1.165, 1.54) is 122 Å². The van der Waals surface area contributed by atoms with Gasteiger partial charge in [0.05, 0.1) is 0 Å². The van der Waals surface area contributed by atoms with E-state index in [9.17, 15) is 0 Å². The molecule has 2 unspecified atom stereocenters. The zero-order chi connectivity index (χ0) is 22.1. The van der Waals surface area contributed by atoms with E-state index in [0.29, 0.717) is 5.41 Å². The van der Waals surface area contributed by atoms with Crippen molar-refractivity contribution in [3.05, 3.63) is 11.0 Å². The van der Waals surface area contributed by atoms with Gasteiger partial charge >= 0.3 is 0 Å². The second-order valence-electron chi connectivity index (χ2n) is 10.5. The Morgan fingerprint density at radius 2 is 1.30 bits per heavy atom. The van der Waals surface area contributed by atoms with Crippen molar-refractivity contribution in [1.29, 1.82) is 0 Å². The fourth-order valence-corrected chi connectivity index (χ4v) is 6.47. The highest BCUT2D eigenvalue weighted by Crippen LogP contribution is 2.45. The highest BCUT2D eigenvalue weighted by Gasteiger charge is 2.31. The molecule has 2 atom stereocenters. The lowest BCUT2D eigenvalue weighted by Crippen LogP contribution is -2.21. The number of hydrogen-bond donors (Lipinski definition) is 0. The Kier molecular flexibility index (Phi) is 16.5. The number of hydrogen-bond acceptors (Lipinski definition) is 1. The summed E-state index contributed by atoms with van der Waals surface area (Å²) in [5, 5.41) is 2.46. The minimum Gasteiger partial charge on any atom is -0.138 e. The Balaban J connectivity index is 2.65. The summed E-state index contributed by atoms with van der Waals surface area (Å²) in [7, 11) is 0. The third-order valence-corrected chi connectivity index (χ3v) is 8.76. The fourth-order valence-electron chi connectivity index (χ4n) is 5.90. The maximum absolute atomic E-state index is 2.46. The minimum absolute atomic E-state index is 0.653. The van der Waals surface area contributed by atoms with E-state index in [1.807, 2.05) is 11.8 Å². The number of thioether (sulfide) groups is 1. The Labute approximate surface area is 195 Å². The molecule has 0 aromatic carbocycles. The van der Waals surface area contributed by atoms with Crippen molar-refractivity contribution in [2.75, 3.05) is 6.26 Å². The van der Waals surface area contributed by atoms with Crippen LogP contribution < -0.4 is 0 Å². The number of unbranched alkanes of at least 4 members (excludes halogenated alkanes) is 2. The molecule has 30 heavy (non-hydrogen) atoms. The van der Waals surface area contributed by atoms with E-state index in [2.05, 4.69) is 39.4 Å². The molecule has 0 radical (unpaired) electrons. The van der Waals surface area contributed by atoms with Crippen LogP contribution in [0.3, 0.4) is 0 Å². The summed E-state index contributed by atoms with van der Waals surface area (Å²) in [5.74, 6) is 1.97. The molecule has 1 saturated carbocycles. The van der Waals surface area contributed by atoms with E-state index >= 15 is 0 Å². The molecule has 0 spiro atoms. The van der Waals surface area contributed by atoms with Crippen molar-refractivity contribution in [3.63, 3.8) is 0 Å². The summed E-state index contributed by atoms with van der Waals surface area (Å²) in [5.41, 5.74) is 2.40. The Morgan fingerprint density at radius 1 is 0.767 bits per heavy atom. The molecule has 0 aliphatic heterocycles. The van der Waals surface area contributed by atoms with Crippen molar-refractivity contribution >= 4 is 11.8 Å². The summed E-state index contributed by atoms with van der Waals surface area (Å²) in [6.45, 7) is 9.53. The van der Waals surface area contributed by atoms with Gasteiger partial charge in [0.2, 0.25) is 0 Å². The SMILES string of the molecule is CCCCC(CC)CCCC1(CCCC(CC)CCCC)CCC/C(=C\SC)CC1. The van der Waals surface area contributed by atoms with Gasteiger partial charge in [-0.3, -0.25) is 0 Å². The van der Waals surface area contributed by atoms with Crippen molar-refractivity contribution in [2.24, 2.45) is 17.3 Å². The van der Waals surface area contributed by atoms with E-state index in [0.717, 1.165) is 11.8 Å². The third kappa shape index (κ3) is 11.6. The van der Waals surface area contributed by atoms with E-state index in [4.69, 9.17) is 0 Å². The van der Waals surface area contributed by atoms with Crippen LogP contribution in [-0.4, -0.2) is 6.26 Å². The lowest BCUT2D eigenvalue weighted by molar-refractivity contribution is 0.180. The molecular weight excluding hydrogens is 380 g/mol. The molecule has 1 aliphatic rings. The predicted octanol–water partition coefficient (Wildman–Crippen LogP) is 11.0. The Hall–Kier alpha value is 0.0900. The highest BCUT2D eigenvalue weighted by molar-refractivity contribution is 8.01. The maximum atomic E-state index is 2.46. The molecule has 0 nitrogen and oxygen atoms in total. The molecule has 0 saturated heterocycles. The van der Waals surface area contributed by atoms with Crippen LogP contribution in [0.1, 0.15) is 150 Å². The largest absolute Gasteiger partial charge is 0.138 e. The van der Waals surface area contributed by atoms with E-state index in [1.54, 1.807) is 5.57 Å². The third-order valence-electron chi connectivity index (χ3n) is 8.19. The molecule has 1 rings (SSSR count). The monoisotopic (exact) mass is 436 g/mol. The molecular formula is C29H56S. The first-order valence-electron chi connectivity index (χ1n) is 13.8. The standard InChI is InChI=1S/C29H56S/c1-6-10-15-26(8-3)17-12-21-29(22-13-18-27(9-4)16-11-7-2)23-14-19-28(20-24-29)25-30-5/h25-27H,6-24H2,1-5H3/b28-25+. The van der Waals surface area contributed by atoms with Gasteiger partial charge in [0, 0.05) is 0 Å². The van der Waals surface area contributed by atoms with Gasteiger partial charge in [-0.1, -0.05) is 110 Å². The summed E-state index contributed by atoms with van der Waals surface area (Å²) < 4.78 is 0. The zero-order valence-corrected chi connectivity index (χ0v) is 22.4. The van der Waals surface area contributed by atoms with E-state index < -0.39 is 0 Å². The van der Waals surface area contributed by atoms with Crippen molar-refractivity contribution < 1.29 is 0 Å². The molecule has 0 bridgehead atoms. The zero-order valence-electron chi connectivity index (χ0n) is 21.6. The molecule has 0 aromatic rings. The normalized spacial score (nSPS) is 23.4. The van der Waals surface area contributed by atoms with Gasteiger partial charge in [-0.05, 0) is 73.9 Å². The maximum Gasteiger partial charge on any atom is -0.0142 e. The smallest absolute Gasteiger partial charge is 0.0142 e. The first-order valence-corrected chi connectivity index (χ1v) is 15.1. The molecule has 0 N–H and O–H groups in total. The molecule has 1 aliphatic carbocycles. The minimum atomic E-state index is 0.653. The number of rotatable bonds is 17. The quantitative estimate of drug-likeness (QED) is 0.204. The Morgan fingerprint density at radius 3 is 1.77 bits per heavy atom. The van der Waals surface area contributed by atoms with Crippen LogP contribution in [-0.2, 0) is 0 Å². The van der Waals surface area contributed by atoms with Crippen LogP contribution in [0.2, 0.25) is 0 Å². The van der Waals surface area contributed by atoms with Crippen LogP contribution in [0.15, 0.2) is 11.0 Å². The van der Waals surface area contributed by atoms with Crippen molar-refractivity contribution in [2.45, 2.75) is 150 Å². The lowest BCUT2D eigenvalue weighted by Gasteiger charge is -2.34. The second-order valence-corrected chi connectivity index (χ2v) is 11.2. The topological polar surface area (TPSA) is 0 Å². The molecule has 1 fully saturated rings. The van der Waals surface area contributed by atoms with Gasteiger partial charge < -0.3 is 0 Å². The first-order chi connectivity index (χ1) is 14.6. The summed E-state index contributed by atoms with van der Waals surface area (Å²) >= 11 is 1.92. The fraction of sp³-hybridized carbons (Fsp3) is 0.931. The highest BCUT2D eigenvalue weighted by atomic mass is 32.2. The molecule has 0 amide bonds. The first kappa shape index (κ1) is 28.1. The van der Waals surface area contributed by atoms with Gasteiger partial charge in [0.25, 0.3) is 0 Å². The lowest BCUT2D eigenvalue weighted by atomic mass is 9.71. The molecule has 178 valence electrons. The summed E-state index contributed by atoms with van der Waals surface area (Å²) in [6.07, 6.45) is 29.6. The average Bonchev–Trinajstić information content (AvgIpc) is 2.96. The second kappa shape index (κ2) is 17.6. The summed E-state index contributed by atoms with van der Waals surface area (Å²) in [6, 6.07) is 0. The van der Waals surface area contributed by atoms with Crippen LogP contribution in [0.4, 0.5) is 0 Å². The predicted molar refractivity (Wildman–Crippen MR) is 141 cm³/mol. The van der Waals surface area contributed by atoms with Crippen LogP contribution in [0, 0.1) is 17.3 Å². The van der Waals surface area contributed by atoms with Crippen molar-refractivity contribution in [3.8, 4) is 0 Å². The van der Waals surface area contributed by atoms with Gasteiger partial charge in [0.1, 0.15) is 0 Å². The summed E-state index contributed by atoms with van der Waals surface area (Å²) in [4.78, 5) is 0. The van der Waals surface area contributed by atoms with Crippen LogP contribution in [0.5, 0.6) is 0 Å². The van der Waals surface area contributed by atoms with Gasteiger partial charge in [-0.25, -0.2) is 0 Å². The van der Waals surface area contributed by atoms with E-state index in [-0.39, 0.29) is 0 Å². The van der Waals surface area contributed by atoms with Crippen LogP contribution in [0.25, 0.3) is 0 Å². The molecule has 0 heterocycles. The average molecular weight is 437 g/mol. The molecule has 1 heteroatoms. The number of allylic oxidation sites excluding steroid dienone is 1.